The fraction of sp³-hybridized carbons (Fsp3) is 0.524. The molecule has 1 heterocycles. The molecule has 0 fully saturated rings. The van der Waals surface area contributed by atoms with E-state index in [1.807, 2.05) is 32.0 Å². The van der Waals surface area contributed by atoms with Crippen LogP contribution in [0.3, 0.4) is 0 Å². The van der Waals surface area contributed by atoms with Gasteiger partial charge in [-0.3, -0.25) is 0 Å². The van der Waals surface area contributed by atoms with Gasteiger partial charge in [0.25, 0.3) is 0 Å². The fourth-order valence-electron chi connectivity index (χ4n) is 2.92. The smallest absolute Gasteiger partial charge is 0.191 e. The molecule has 0 aliphatic heterocycles. The number of nitrogens with zero attached hydrogens (tertiary/aromatic N) is 2. The first kappa shape index (κ1) is 25.1. The third-order valence-corrected chi connectivity index (χ3v) is 4.50. The van der Waals surface area contributed by atoms with Crippen LogP contribution in [-0.4, -0.2) is 29.4 Å². The molecule has 0 saturated heterocycles. The van der Waals surface area contributed by atoms with E-state index in [4.69, 9.17) is 9.26 Å². The first-order valence-electron chi connectivity index (χ1n) is 10.0. The van der Waals surface area contributed by atoms with Crippen molar-refractivity contribution in [2.75, 3.05) is 13.2 Å². The number of ether oxygens (including phenoxy) is 1. The van der Waals surface area contributed by atoms with Crippen LogP contribution >= 0.6 is 24.0 Å². The summed E-state index contributed by atoms with van der Waals surface area (Å²) in [6.45, 7) is 10.5. The monoisotopic (exact) mass is 516 g/mol. The number of phenolic OH excluding ortho intramolecular Hbond substituents is 1. The lowest BCUT2D eigenvalue weighted by atomic mass is 9.99. The van der Waals surface area contributed by atoms with Crippen molar-refractivity contribution in [1.29, 1.82) is 0 Å². The van der Waals surface area contributed by atoms with Crippen LogP contribution in [0.1, 0.15) is 63.5 Å². The predicted molar refractivity (Wildman–Crippen MR) is 126 cm³/mol. The van der Waals surface area contributed by atoms with Crippen LogP contribution in [0, 0.1) is 0 Å². The van der Waals surface area contributed by atoms with Crippen LogP contribution in [0.5, 0.6) is 11.5 Å². The molecule has 3 N–H and O–H groups in total. The van der Waals surface area contributed by atoms with Crippen LogP contribution < -0.4 is 15.4 Å². The van der Waals surface area contributed by atoms with Crippen molar-refractivity contribution in [3.05, 3.63) is 41.3 Å². The molecule has 162 valence electrons. The van der Waals surface area contributed by atoms with Crippen LogP contribution in [0.2, 0.25) is 0 Å². The normalized spacial score (nSPS) is 11.3. The molecule has 0 aliphatic rings. The standard InChI is InChI=1S/C21H32N4O3.HI/c1-5-16(6-2)18-12-17(28-25-18)14-24-21(22-7-3)23-13-15-9-10-19(26)20(11-15)27-8-4;/h9-12,16,26H,5-8,13-14H2,1-4H3,(H2,22,23,24);1H. The number of rotatable bonds is 10. The molecule has 29 heavy (non-hydrogen) atoms. The number of hydrogen-bond acceptors (Lipinski definition) is 5. The van der Waals surface area contributed by atoms with Gasteiger partial charge in [0.05, 0.1) is 25.4 Å². The van der Waals surface area contributed by atoms with Gasteiger partial charge in [0.15, 0.2) is 23.2 Å². The van der Waals surface area contributed by atoms with Crippen LogP contribution in [0.4, 0.5) is 0 Å². The van der Waals surface area contributed by atoms with E-state index in [9.17, 15) is 5.11 Å². The number of aromatic nitrogens is 1. The predicted octanol–water partition coefficient (Wildman–Crippen LogP) is 4.56. The second kappa shape index (κ2) is 13.3. The van der Waals surface area contributed by atoms with Gasteiger partial charge in [-0.2, -0.15) is 0 Å². The van der Waals surface area contributed by atoms with Crippen molar-refractivity contribution in [2.45, 2.75) is 59.5 Å². The summed E-state index contributed by atoms with van der Waals surface area (Å²) in [6.07, 6.45) is 2.10. The Bertz CT molecular complexity index is 760. The second-order valence-corrected chi connectivity index (χ2v) is 6.52. The Hall–Kier alpha value is -1.97. The van der Waals surface area contributed by atoms with Crippen molar-refractivity contribution in [1.82, 2.24) is 15.8 Å². The summed E-state index contributed by atoms with van der Waals surface area (Å²) in [5.74, 6) is 2.53. The Morgan fingerprint density at radius 1 is 1.17 bits per heavy atom. The summed E-state index contributed by atoms with van der Waals surface area (Å²) in [6, 6.07) is 7.29. The Morgan fingerprint density at radius 3 is 2.59 bits per heavy atom. The highest BCUT2D eigenvalue weighted by Crippen LogP contribution is 2.27. The number of benzene rings is 1. The van der Waals surface area contributed by atoms with E-state index in [1.165, 1.54) is 0 Å². The van der Waals surface area contributed by atoms with Gasteiger partial charge in [-0.25, -0.2) is 4.99 Å². The highest BCUT2D eigenvalue weighted by atomic mass is 127. The van der Waals surface area contributed by atoms with Crippen LogP contribution in [0.15, 0.2) is 33.8 Å². The van der Waals surface area contributed by atoms with Gasteiger partial charge in [0.1, 0.15) is 0 Å². The van der Waals surface area contributed by atoms with E-state index < -0.39 is 0 Å². The molecule has 2 aromatic rings. The SMILES string of the molecule is CCNC(=NCc1ccc(O)c(OCC)c1)NCc1cc(C(CC)CC)no1.I. The Kier molecular flexibility index (Phi) is 11.5. The van der Waals surface area contributed by atoms with E-state index in [0.717, 1.165) is 36.4 Å². The molecule has 0 saturated carbocycles. The number of nitrogens with one attached hydrogen (secondary N) is 2. The van der Waals surface area contributed by atoms with Gasteiger partial charge >= 0.3 is 0 Å². The Morgan fingerprint density at radius 2 is 1.93 bits per heavy atom. The number of phenols is 1. The maximum absolute atomic E-state index is 9.81. The lowest BCUT2D eigenvalue weighted by molar-refractivity contribution is 0.318. The van der Waals surface area contributed by atoms with Gasteiger partial charge in [0, 0.05) is 18.5 Å². The van der Waals surface area contributed by atoms with Crippen molar-refractivity contribution in [3.8, 4) is 11.5 Å². The summed E-state index contributed by atoms with van der Waals surface area (Å²) in [7, 11) is 0. The zero-order valence-corrected chi connectivity index (χ0v) is 20.0. The van der Waals surface area contributed by atoms with Gasteiger partial charge in [-0.05, 0) is 44.4 Å². The maximum atomic E-state index is 9.81. The number of hydrogen-bond donors (Lipinski definition) is 3. The number of aliphatic imine (C=N–C) groups is 1. The molecule has 0 unspecified atom stereocenters. The minimum Gasteiger partial charge on any atom is -0.504 e. The summed E-state index contributed by atoms with van der Waals surface area (Å²) in [4.78, 5) is 4.60. The molecule has 2 rings (SSSR count). The van der Waals surface area contributed by atoms with Gasteiger partial charge in [-0.1, -0.05) is 25.1 Å². The third kappa shape index (κ3) is 7.75. The van der Waals surface area contributed by atoms with Crippen LogP contribution in [-0.2, 0) is 13.1 Å². The largest absolute Gasteiger partial charge is 0.504 e. The van der Waals surface area contributed by atoms with Gasteiger partial charge in [-0.15, -0.1) is 24.0 Å². The number of halogens is 1. The first-order valence-corrected chi connectivity index (χ1v) is 10.0. The minimum atomic E-state index is 0. The van der Waals surface area contributed by atoms with E-state index >= 15 is 0 Å². The van der Waals surface area contributed by atoms with E-state index in [1.54, 1.807) is 6.07 Å². The van der Waals surface area contributed by atoms with Crippen molar-refractivity contribution < 1.29 is 14.4 Å². The van der Waals surface area contributed by atoms with E-state index in [-0.39, 0.29) is 29.7 Å². The average Bonchev–Trinajstić information content (AvgIpc) is 3.16. The second-order valence-electron chi connectivity index (χ2n) is 6.52. The van der Waals surface area contributed by atoms with Gasteiger partial charge < -0.3 is 25.0 Å². The lowest BCUT2D eigenvalue weighted by Crippen LogP contribution is -2.36. The maximum Gasteiger partial charge on any atom is 0.191 e. The highest BCUT2D eigenvalue weighted by molar-refractivity contribution is 14.0. The molecule has 1 aromatic carbocycles. The quantitative estimate of drug-likeness (QED) is 0.244. The van der Waals surface area contributed by atoms with Crippen molar-refractivity contribution >= 4 is 29.9 Å². The Balaban J connectivity index is 0.00000420. The molecule has 0 atom stereocenters. The first-order chi connectivity index (χ1) is 13.6. The molecule has 0 amide bonds. The molecule has 7 nitrogen and oxygen atoms in total. The summed E-state index contributed by atoms with van der Waals surface area (Å²) in [5, 5.41) is 20.5. The third-order valence-electron chi connectivity index (χ3n) is 4.50. The molecular weight excluding hydrogens is 483 g/mol. The minimum absolute atomic E-state index is 0. The average molecular weight is 516 g/mol. The fourth-order valence-corrected chi connectivity index (χ4v) is 2.92. The van der Waals surface area contributed by atoms with Crippen molar-refractivity contribution in [3.63, 3.8) is 0 Å². The van der Waals surface area contributed by atoms with E-state index in [0.29, 0.717) is 37.3 Å². The lowest BCUT2D eigenvalue weighted by Gasteiger charge is -2.11. The van der Waals surface area contributed by atoms with Gasteiger partial charge in [0.2, 0.25) is 0 Å². The molecule has 1 aromatic heterocycles. The topological polar surface area (TPSA) is 91.9 Å². The molecule has 0 bridgehead atoms. The summed E-state index contributed by atoms with van der Waals surface area (Å²) in [5.41, 5.74) is 1.96. The number of aromatic hydroxyl groups is 1. The zero-order valence-electron chi connectivity index (χ0n) is 17.7. The van der Waals surface area contributed by atoms with E-state index in [2.05, 4.69) is 34.6 Å². The molecule has 0 radical (unpaired) electrons. The zero-order chi connectivity index (χ0) is 20.4. The number of guanidine groups is 1. The van der Waals surface area contributed by atoms with Crippen molar-refractivity contribution in [2.24, 2.45) is 4.99 Å². The Labute approximate surface area is 190 Å². The molecule has 8 heteroatoms. The highest BCUT2D eigenvalue weighted by Gasteiger charge is 2.13. The molecule has 0 spiro atoms. The van der Waals surface area contributed by atoms with Crippen LogP contribution in [0.25, 0.3) is 0 Å². The molecular formula is C21H33IN4O3. The summed E-state index contributed by atoms with van der Waals surface area (Å²) >= 11 is 0. The molecule has 0 aliphatic carbocycles. The summed E-state index contributed by atoms with van der Waals surface area (Å²) < 4.78 is 10.9.